The van der Waals surface area contributed by atoms with Gasteiger partial charge in [-0.15, -0.1) is 10.2 Å². The van der Waals surface area contributed by atoms with Crippen LogP contribution >= 0.6 is 10.7 Å². The van der Waals surface area contributed by atoms with E-state index < -0.39 is 9.05 Å². The molecule has 102 valence electrons. The number of hydrogen-bond acceptors (Lipinski definition) is 4. The van der Waals surface area contributed by atoms with E-state index in [1.807, 2.05) is 13.8 Å². The van der Waals surface area contributed by atoms with Gasteiger partial charge >= 0.3 is 0 Å². The SMILES string of the molecule is CC(C)n1c(CC2CCCC2)nnc1S(=O)(=O)Cl. The van der Waals surface area contributed by atoms with Crippen molar-refractivity contribution in [1.29, 1.82) is 0 Å². The summed E-state index contributed by atoms with van der Waals surface area (Å²) in [7, 11) is 1.56. The number of rotatable bonds is 4. The molecule has 0 radical (unpaired) electrons. The van der Waals surface area contributed by atoms with Gasteiger partial charge in [0.05, 0.1) is 0 Å². The van der Waals surface area contributed by atoms with Gasteiger partial charge in [-0.25, -0.2) is 8.42 Å². The summed E-state index contributed by atoms with van der Waals surface area (Å²) >= 11 is 0. The van der Waals surface area contributed by atoms with Gasteiger partial charge < -0.3 is 0 Å². The topological polar surface area (TPSA) is 64.8 Å². The summed E-state index contributed by atoms with van der Waals surface area (Å²) in [5.41, 5.74) is 0. The van der Waals surface area contributed by atoms with Crippen molar-refractivity contribution < 1.29 is 8.42 Å². The average Bonchev–Trinajstić information content (AvgIpc) is 2.85. The van der Waals surface area contributed by atoms with Crippen molar-refractivity contribution in [3.05, 3.63) is 5.82 Å². The van der Waals surface area contributed by atoms with Gasteiger partial charge in [0.15, 0.2) is 0 Å². The molecule has 1 fully saturated rings. The van der Waals surface area contributed by atoms with Crippen LogP contribution in [0.3, 0.4) is 0 Å². The Morgan fingerprint density at radius 2 is 1.94 bits per heavy atom. The Bertz CT molecular complexity index is 518. The molecule has 18 heavy (non-hydrogen) atoms. The van der Waals surface area contributed by atoms with Crippen LogP contribution in [-0.4, -0.2) is 23.2 Å². The quantitative estimate of drug-likeness (QED) is 0.800. The molecule has 1 aromatic heterocycles. The van der Waals surface area contributed by atoms with Crippen LogP contribution < -0.4 is 0 Å². The fourth-order valence-electron chi connectivity index (χ4n) is 2.60. The lowest BCUT2D eigenvalue weighted by Gasteiger charge is -2.14. The Morgan fingerprint density at radius 1 is 1.33 bits per heavy atom. The molecule has 0 unspecified atom stereocenters. The van der Waals surface area contributed by atoms with Gasteiger partial charge in [-0.3, -0.25) is 4.57 Å². The van der Waals surface area contributed by atoms with Crippen LogP contribution in [0.2, 0.25) is 0 Å². The minimum Gasteiger partial charge on any atom is -0.298 e. The van der Waals surface area contributed by atoms with Crippen molar-refractivity contribution in [2.75, 3.05) is 0 Å². The second kappa shape index (κ2) is 5.17. The van der Waals surface area contributed by atoms with E-state index in [0.717, 1.165) is 12.2 Å². The highest BCUT2D eigenvalue weighted by atomic mass is 35.7. The molecule has 1 aliphatic rings. The van der Waals surface area contributed by atoms with Gasteiger partial charge in [-0.1, -0.05) is 25.7 Å². The zero-order valence-electron chi connectivity index (χ0n) is 10.6. The summed E-state index contributed by atoms with van der Waals surface area (Å²) < 4.78 is 24.5. The average molecular weight is 292 g/mol. The van der Waals surface area contributed by atoms with Crippen LogP contribution in [0.4, 0.5) is 0 Å². The van der Waals surface area contributed by atoms with Gasteiger partial charge in [0.25, 0.3) is 14.2 Å². The molecule has 0 bridgehead atoms. The van der Waals surface area contributed by atoms with Gasteiger partial charge in [-0.2, -0.15) is 0 Å². The lowest BCUT2D eigenvalue weighted by atomic mass is 10.0. The predicted molar refractivity (Wildman–Crippen MR) is 69.1 cm³/mol. The highest BCUT2D eigenvalue weighted by Gasteiger charge is 2.26. The fraction of sp³-hybridized carbons (Fsp3) is 0.818. The highest BCUT2D eigenvalue weighted by molar-refractivity contribution is 8.13. The third kappa shape index (κ3) is 2.85. The Kier molecular flexibility index (Phi) is 3.96. The molecule has 0 amide bonds. The third-order valence-electron chi connectivity index (χ3n) is 3.42. The molecule has 0 saturated heterocycles. The van der Waals surface area contributed by atoms with Crippen LogP contribution in [-0.2, 0) is 15.5 Å². The van der Waals surface area contributed by atoms with E-state index in [0.29, 0.717) is 5.92 Å². The molecule has 0 spiro atoms. The first-order chi connectivity index (χ1) is 8.39. The van der Waals surface area contributed by atoms with Crippen molar-refractivity contribution in [3.63, 3.8) is 0 Å². The van der Waals surface area contributed by atoms with E-state index in [4.69, 9.17) is 10.7 Å². The van der Waals surface area contributed by atoms with Crippen LogP contribution in [0.25, 0.3) is 0 Å². The Morgan fingerprint density at radius 3 is 2.44 bits per heavy atom. The minimum atomic E-state index is -3.83. The molecule has 7 heteroatoms. The first-order valence-electron chi connectivity index (χ1n) is 6.28. The van der Waals surface area contributed by atoms with Gasteiger partial charge in [-0.05, 0) is 19.8 Å². The molecule has 1 aliphatic carbocycles. The van der Waals surface area contributed by atoms with Gasteiger partial charge in [0.1, 0.15) is 5.82 Å². The summed E-state index contributed by atoms with van der Waals surface area (Å²) in [6.45, 7) is 3.82. The van der Waals surface area contributed by atoms with Crippen LogP contribution in [0.1, 0.15) is 51.4 Å². The first-order valence-corrected chi connectivity index (χ1v) is 8.59. The number of nitrogens with zero attached hydrogens (tertiary/aromatic N) is 3. The maximum atomic E-state index is 11.5. The minimum absolute atomic E-state index is 0.0140. The van der Waals surface area contributed by atoms with Crippen molar-refractivity contribution in [2.45, 2.75) is 57.1 Å². The molecule has 1 aromatic rings. The number of hydrogen-bond donors (Lipinski definition) is 0. The van der Waals surface area contributed by atoms with Crippen molar-refractivity contribution in [3.8, 4) is 0 Å². The zero-order chi connectivity index (χ0) is 13.3. The summed E-state index contributed by atoms with van der Waals surface area (Å²) in [6.07, 6.45) is 5.67. The molecular formula is C11H18ClN3O2S. The second-order valence-corrected chi connectivity index (χ2v) is 7.61. The summed E-state index contributed by atoms with van der Waals surface area (Å²) in [4.78, 5) is 0. The summed E-state index contributed by atoms with van der Waals surface area (Å²) in [5, 5.41) is 7.63. The molecule has 1 saturated carbocycles. The Balaban J connectivity index is 2.33. The van der Waals surface area contributed by atoms with E-state index in [-0.39, 0.29) is 11.2 Å². The standard InChI is InChI=1S/C11H18ClN3O2S/c1-8(2)15-10(7-9-5-3-4-6-9)13-14-11(15)18(12,16)17/h8-9H,3-7H2,1-2H3. The molecule has 5 nitrogen and oxygen atoms in total. The maximum absolute atomic E-state index is 11.5. The molecular weight excluding hydrogens is 274 g/mol. The third-order valence-corrected chi connectivity index (χ3v) is 4.54. The molecule has 0 aliphatic heterocycles. The number of halogens is 1. The maximum Gasteiger partial charge on any atom is 0.296 e. The van der Waals surface area contributed by atoms with Crippen molar-refractivity contribution in [2.24, 2.45) is 5.92 Å². The van der Waals surface area contributed by atoms with E-state index >= 15 is 0 Å². The number of aromatic nitrogens is 3. The zero-order valence-corrected chi connectivity index (χ0v) is 12.2. The van der Waals surface area contributed by atoms with E-state index in [1.165, 1.54) is 25.7 Å². The summed E-state index contributed by atoms with van der Waals surface area (Å²) in [6, 6.07) is -0.0140. The van der Waals surface area contributed by atoms with Gasteiger partial charge in [0, 0.05) is 23.1 Å². The van der Waals surface area contributed by atoms with E-state index in [9.17, 15) is 8.42 Å². The molecule has 0 aromatic carbocycles. The lowest BCUT2D eigenvalue weighted by Crippen LogP contribution is -2.14. The van der Waals surface area contributed by atoms with E-state index in [2.05, 4.69) is 10.2 Å². The Hall–Kier alpha value is -0.620. The molecule has 0 atom stereocenters. The van der Waals surface area contributed by atoms with Crippen molar-refractivity contribution >= 4 is 19.7 Å². The van der Waals surface area contributed by atoms with Gasteiger partial charge in [0.2, 0.25) is 0 Å². The monoisotopic (exact) mass is 291 g/mol. The van der Waals surface area contributed by atoms with E-state index in [1.54, 1.807) is 4.57 Å². The van der Waals surface area contributed by atoms with Crippen LogP contribution in [0, 0.1) is 5.92 Å². The smallest absolute Gasteiger partial charge is 0.296 e. The molecule has 1 heterocycles. The van der Waals surface area contributed by atoms with Crippen LogP contribution in [0.5, 0.6) is 0 Å². The summed E-state index contributed by atoms with van der Waals surface area (Å²) in [5.74, 6) is 1.33. The highest BCUT2D eigenvalue weighted by Crippen LogP contribution is 2.29. The molecule has 0 N–H and O–H groups in total. The molecule has 2 rings (SSSR count). The normalized spacial score (nSPS) is 17.8. The predicted octanol–water partition coefficient (Wildman–Crippen LogP) is 2.52. The second-order valence-electron chi connectivity index (χ2n) is 5.16. The lowest BCUT2D eigenvalue weighted by molar-refractivity contribution is 0.467. The first kappa shape index (κ1) is 13.8. The Labute approximate surface area is 112 Å². The van der Waals surface area contributed by atoms with Crippen molar-refractivity contribution in [1.82, 2.24) is 14.8 Å². The fourth-order valence-corrected chi connectivity index (χ4v) is 3.61. The largest absolute Gasteiger partial charge is 0.298 e. The van der Waals surface area contributed by atoms with Crippen LogP contribution in [0.15, 0.2) is 5.16 Å².